The first-order chi connectivity index (χ1) is 15.7. The summed E-state index contributed by atoms with van der Waals surface area (Å²) < 4.78 is 49.9. The normalized spacial score (nSPS) is 23.6. The van der Waals surface area contributed by atoms with Crippen LogP contribution in [0.5, 0.6) is 0 Å². The summed E-state index contributed by atoms with van der Waals surface area (Å²) in [5, 5.41) is 28.7. The number of alkyl halides is 1. The Kier molecular flexibility index (Phi) is 5.38. The molecule has 0 aliphatic carbocycles. The number of fused-ring (bicyclic) bond motifs is 2. The molecule has 1 saturated heterocycles. The Morgan fingerprint density at radius 2 is 2.12 bits per heavy atom. The third-order valence-electron chi connectivity index (χ3n) is 4.89. The number of anilines is 1. The number of nitrogens with zero attached hydrogens (tertiary/aromatic N) is 7. The molecule has 1 aliphatic rings. The molecule has 1 fully saturated rings. The summed E-state index contributed by atoms with van der Waals surface area (Å²) >= 11 is 1.10. The molecule has 0 unspecified atom stereocenters. The third kappa shape index (κ3) is 3.98. The number of nitrogen functional groups attached to an aromatic ring is 1. The van der Waals surface area contributed by atoms with E-state index in [1.807, 2.05) is 6.07 Å². The first-order valence-electron chi connectivity index (χ1n) is 9.34. The Hall–Kier alpha value is -2.96. The van der Waals surface area contributed by atoms with Gasteiger partial charge in [0.05, 0.1) is 12.0 Å². The quantitative estimate of drug-likeness (QED) is 0.307. The molecule has 174 valence electrons. The molecular formula is C16H16FN9O5S2. The van der Waals surface area contributed by atoms with Gasteiger partial charge in [0.1, 0.15) is 29.4 Å². The standard InChI is InChI=1S/C16H16FN9O5S2/c17-10-11(27)7(5-30-33(19,28)29)31-15(10)26-13-9(12(18)20-6-21-13)14(24-26)32-16-23-22-8-3-1-2-4-25(8)16/h1-4,6-7,10-11,15,27H,5H2,(H2,18,20,21)(H2,19,28,29)/t7-,10+,11-,15-/m1/s1. The van der Waals surface area contributed by atoms with Gasteiger partial charge in [-0.05, 0) is 23.9 Å². The second kappa shape index (κ2) is 8.12. The molecule has 0 saturated carbocycles. The predicted octanol–water partition coefficient (Wildman–Crippen LogP) is -0.581. The van der Waals surface area contributed by atoms with E-state index < -0.39 is 41.5 Å². The van der Waals surface area contributed by atoms with Gasteiger partial charge in [-0.2, -0.15) is 13.5 Å². The van der Waals surface area contributed by atoms with Crippen molar-refractivity contribution in [3.8, 4) is 0 Å². The number of rotatable bonds is 6. The number of hydrogen-bond donors (Lipinski definition) is 3. The Morgan fingerprint density at radius 1 is 1.30 bits per heavy atom. The third-order valence-corrected chi connectivity index (χ3v) is 6.29. The predicted molar refractivity (Wildman–Crippen MR) is 111 cm³/mol. The fourth-order valence-corrected chi connectivity index (χ4v) is 4.65. The maximum Gasteiger partial charge on any atom is 0.333 e. The Bertz CT molecular complexity index is 1440. The van der Waals surface area contributed by atoms with E-state index >= 15 is 0 Å². The van der Waals surface area contributed by atoms with Crippen LogP contribution in [0, 0.1) is 0 Å². The van der Waals surface area contributed by atoms with Crippen molar-refractivity contribution in [2.75, 3.05) is 12.3 Å². The number of nitrogens with two attached hydrogens (primary N) is 2. The van der Waals surface area contributed by atoms with Crippen molar-refractivity contribution in [3.05, 3.63) is 30.7 Å². The van der Waals surface area contributed by atoms with Gasteiger partial charge in [-0.15, -0.1) is 10.2 Å². The molecule has 4 aromatic rings. The molecule has 5 rings (SSSR count). The van der Waals surface area contributed by atoms with Crippen LogP contribution in [0.2, 0.25) is 0 Å². The van der Waals surface area contributed by atoms with E-state index in [-0.39, 0.29) is 11.5 Å². The van der Waals surface area contributed by atoms with Gasteiger partial charge in [-0.25, -0.2) is 24.2 Å². The summed E-state index contributed by atoms with van der Waals surface area (Å²) in [5.41, 5.74) is 6.80. The van der Waals surface area contributed by atoms with Crippen LogP contribution in [0.4, 0.5) is 10.2 Å². The summed E-state index contributed by atoms with van der Waals surface area (Å²) in [6.45, 7) is -0.680. The summed E-state index contributed by atoms with van der Waals surface area (Å²) in [4.78, 5) is 8.12. The van der Waals surface area contributed by atoms with Crippen LogP contribution in [0.1, 0.15) is 6.23 Å². The molecule has 4 atom stereocenters. The second-order valence-electron chi connectivity index (χ2n) is 7.00. The molecule has 33 heavy (non-hydrogen) atoms. The van der Waals surface area contributed by atoms with Gasteiger partial charge in [0, 0.05) is 6.20 Å². The smallest absolute Gasteiger partial charge is 0.333 e. The van der Waals surface area contributed by atoms with E-state index in [1.54, 1.807) is 22.7 Å². The molecule has 17 heteroatoms. The lowest BCUT2D eigenvalue weighted by molar-refractivity contribution is -0.0456. The molecule has 4 aromatic heterocycles. The lowest BCUT2D eigenvalue weighted by Gasteiger charge is -2.14. The van der Waals surface area contributed by atoms with Crippen molar-refractivity contribution < 1.29 is 26.8 Å². The van der Waals surface area contributed by atoms with Crippen LogP contribution in [0.3, 0.4) is 0 Å². The zero-order valence-corrected chi connectivity index (χ0v) is 18.1. The topological polar surface area (TPSA) is 199 Å². The molecule has 0 spiro atoms. The number of hydrogen-bond acceptors (Lipinski definition) is 12. The Labute approximate surface area is 189 Å². The van der Waals surface area contributed by atoms with E-state index in [0.29, 0.717) is 21.2 Å². The van der Waals surface area contributed by atoms with Crippen LogP contribution in [-0.2, 0) is 19.2 Å². The van der Waals surface area contributed by atoms with E-state index in [1.165, 1.54) is 6.33 Å². The first kappa shape index (κ1) is 21.9. The number of aromatic nitrogens is 7. The van der Waals surface area contributed by atoms with Gasteiger partial charge in [0.15, 0.2) is 23.7 Å². The van der Waals surface area contributed by atoms with Gasteiger partial charge in [-0.1, -0.05) is 6.07 Å². The van der Waals surface area contributed by atoms with Crippen molar-refractivity contribution in [2.45, 2.75) is 34.8 Å². The highest BCUT2D eigenvalue weighted by Crippen LogP contribution is 2.38. The minimum atomic E-state index is -4.31. The van der Waals surface area contributed by atoms with Crippen LogP contribution in [0.25, 0.3) is 16.7 Å². The number of aliphatic hydroxyl groups excluding tert-OH is 1. The highest BCUT2D eigenvalue weighted by Gasteiger charge is 2.47. The molecule has 0 aromatic carbocycles. The summed E-state index contributed by atoms with van der Waals surface area (Å²) in [6, 6.07) is 5.39. The van der Waals surface area contributed by atoms with Crippen LogP contribution >= 0.6 is 11.8 Å². The van der Waals surface area contributed by atoms with Crippen molar-refractivity contribution in [1.29, 1.82) is 0 Å². The molecule has 1 aliphatic heterocycles. The van der Waals surface area contributed by atoms with Gasteiger partial charge in [0.2, 0.25) is 5.16 Å². The molecule has 5 N–H and O–H groups in total. The summed E-state index contributed by atoms with van der Waals surface area (Å²) in [5.74, 6) is 0.0885. The zero-order valence-electron chi connectivity index (χ0n) is 16.5. The average Bonchev–Trinajstić information content (AvgIpc) is 3.43. The van der Waals surface area contributed by atoms with Crippen molar-refractivity contribution in [2.24, 2.45) is 5.14 Å². The largest absolute Gasteiger partial charge is 0.387 e. The summed E-state index contributed by atoms with van der Waals surface area (Å²) in [6.07, 6.45) is -3.51. The van der Waals surface area contributed by atoms with Gasteiger partial charge in [-0.3, -0.25) is 8.58 Å². The lowest BCUT2D eigenvalue weighted by atomic mass is 10.1. The number of halogens is 1. The maximum absolute atomic E-state index is 15.0. The fraction of sp³-hybridized carbons (Fsp3) is 0.312. The van der Waals surface area contributed by atoms with Crippen LogP contribution in [-0.4, -0.2) is 72.9 Å². The van der Waals surface area contributed by atoms with Crippen LogP contribution in [0.15, 0.2) is 40.9 Å². The highest BCUT2D eigenvalue weighted by molar-refractivity contribution is 7.99. The summed E-state index contributed by atoms with van der Waals surface area (Å²) in [7, 11) is -4.31. The first-order valence-corrected chi connectivity index (χ1v) is 11.6. The second-order valence-corrected chi connectivity index (χ2v) is 9.18. The maximum atomic E-state index is 15.0. The van der Waals surface area contributed by atoms with Crippen molar-refractivity contribution in [3.63, 3.8) is 0 Å². The van der Waals surface area contributed by atoms with Crippen LogP contribution < -0.4 is 10.9 Å². The van der Waals surface area contributed by atoms with Gasteiger partial charge in [0.25, 0.3) is 0 Å². The highest BCUT2D eigenvalue weighted by atomic mass is 32.2. The number of aliphatic hydroxyl groups is 1. The molecule has 0 bridgehead atoms. The van der Waals surface area contributed by atoms with E-state index in [0.717, 1.165) is 16.4 Å². The van der Waals surface area contributed by atoms with Gasteiger partial charge < -0.3 is 15.6 Å². The average molecular weight is 497 g/mol. The van der Waals surface area contributed by atoms with Crippen molar-refractivity contribution >= 4 is 44.6 Å². The van der Waals surface area contributed by atoms with E-state index in [2.05, 4.69) is 29.4 Å². The lowest BCUT2D eigenvalue weighted by Crippen LogP contribution is -2.33. The zero-order chi connectivity index (χ0) is 23.3. The monoisotopic (exact) mass is 497 g/mol. The SMILES string of the molecule is Nc1ncnc2c1c(Sc1nnc3ccccn13)nn2[C@@H]1O[C@H](COS(N)(=O)=O)[C@@H](O)[C@@H]1F. The van der Waals surface area contributed by atoms with Gasteiger partial charge >= 0.3 is 10.3 Å². The fourth-order valence-electron chi connectivity index (χ4n) is 3.39. The molecule has 14 nitrogen and oxygen atoms in total. The van der Waals surface area contributed by atoms with E-state index in [9.17, 15) is 17.9 Å². The minimum absolute atomic E-state index is 0.0885. The Morgan fingerprint density at radius 3 is 2.91 bits per heavy atom. The van der Waals surface area contributed by atoms with E-state index in [4.69, 9.17) is 15.6 Å². The molecular weight excluding hydrogens is 481 g/mol. The molecule has 0 radical (unpaired) electrons. The molecule has 5 heterocycles. The minimum Gasteiger partial charge on any atom is -0.387 e. The Balaban J connectivity index is 1.52. The van der Waals surface area contributed by atoms with Crippen molar-refractivity contribution in [1.82, 2.24) is 34.3 Å². The number of ether oxygens (including phenoxy) is 1. The number of pyridine rings is 1. The molecule has 0 amide bonds.